The van der Waals surface area contributed by atoms with Gasteiger partial charge in [0.25, 0.3) is 0 Å². The Kier molecular flexibility index (Phi) is 7.05. The van der Waals surface area contributed by atoms with Gasteiger partial charge in [0.15, 0.2) is 9.84 Å². The number of Topliss-reactive ketones (excluding diaryl/α,β-unsaturated/α-hetero) is 1. The number of carbonyl (C=O) groups is 1. The van der Waals surface area contributed by atoms with Gasteiger partial charge >= 0.3 is 6.18 Å². The van der Waals surface area contributed by atoms with E-state index in [2.05, 4.69) is 11.1 Å². The highest BCUT2D eigenvalue weighted by molar-refractivity contribution is 7.91. The molecule has 204 valence electrons. The fourth-order valence-electron chi connectivity index (χ4n) is 5.66. The molecule has 5 rings (SSSR count). The molecule has 0 N–H and O–H groups in total. The first kappa shape index (κ1) is 26.7. The Morgan fingerprint density at radius 3 is 2.39 bits per heavy atom. The minimum absolute atomic E-state index is 0.0242. The predicted octanol–water partition coefficient (Wildman–Crippen LogP) is 5.22. The van der Waals surface area contributed by atoms with Crippen LogP contribution in [-0.2, 0) is 21.1 Å². The molecule has 1 aliphatic heterocycles. The van der Waals surface area contributed by atoms with Gasteiger partial charge in [-0.25, -0.2) is 13.4 Å². The average molecular weight is 550 g/mol. The molecule has 2 aliphatic carbocycles. The van der Waals surface area contributed by atoms with Crippen LogP contribution in [0.3, 0.4) is 0 Å². The average Bonchev–Trinajstić information content (AvgIpc) is 3.53. The largest absolute Gasteiger partial charge is 0.444 e. The Labute approximate surface area is 219 Å². The third kappa shape index (κ3) is 5.90. The minimum Gasteiger partial charge on any atom is -0.444 e. The molecule has 0 spiro atoms. The summed E-state index contributed by atoms with van der Waals surface area (Å²) in [5.74, 6) is -0.817. The van der Waals surface area contributed by atoms with Crippen molar-refractivity contribution in [3.63, 3.8) is 0 Å². The molecule has 0 unspecified atom stereocenters. The lowest BCUT2D eigenvalue weighted by molar-refractivity contribution is -0.131. The molecule has 3 aliphatic rings. The van der Waals surface area contributed by atoms with E-state index in [9.17, 15) is 31.6 Å². The SMILES string of the molecule is N#CC1(CC(=O)[C@@H]2CCCC[C@H]2c2oc(CC(F)(F)F)nc2-c2ccc(N3CCS(=O)(=O)CC3)cc2)CC1. The molecule has 2 saturated carbocycles. The number of aromatic nitrogens is 1. The number of sulfone groups is 1. The van der Waals surface area contributed by atoms with Gasteiger partial charge < -0.3 is 9.32 Å². The van der Waals surface area contributed by atoms with E-state index in [1.54, 1.807) is 12.1 Å². The normalized spacial score (nSPS) is 24.5. The summed E-state index contributed by atoms with van der Waals surface area (Å²) in [6.45, 7) is 0.755. The number of halogens is 3. The second-order valence-electron chi connectivity index (χ2n) is 10.8. The first-order valence-electron chi connectivity index (χ1n) is 13.0. The summed E-state index contributed by atoms with van der Waals surface area (Å²) in [5.41, 5.74) is 1.12. The van der Waals surface area contributed by atoms with Gasteiger partial charge in [0.05, 0.1) is 23.0 Å². The highest BCUT2D eigenvalue weighted by atomic mass is 32.2. The number of alkyl halides is 3. The molecule has 1 saturated heterocycles. The van der Waals surface area contributed by atoms with Gasteiger partial charge in [-0.05, 0) is 37.8 Å². The monoisotopic (exact) mass is 549 g/mol. The van der Waals surface area contributed by atoms with Gasteiger partial charge in [-0.1, -0.05) is 25.0 Å². The summed E-state index contributed by atoms with van der Waals surface area (Å²) in [6, 6.07) is 9.39. The number of benzene rings is 1. The van der Waals surface area contributed by atoms with Crippen LogP contribution in [0.1, 0.15) is 62.5 Å². The summed E-state index contributed by atoms with van der Waals surface area (Å²) >= 11 is 0. The first-order chi connectivity index (χ1) is 18.0. The third-order valence-electron chi connectivity index (χ3n) is 8.02. The highest BCUT2D eigenvalue weighted by Gasteiger charge is 2.47. The number of ketones is 1. The van der Waals surface area contributed by atoms with Gasteiger partial charge in [-0.3, -0.25) is 4.79 Å². The van der Waals surface area contributed by atoms with Crippen LogP contribution in [0, 0.1) is 22.7 Å². The van der Waals surface area contributed by atoms with Crippen LogP contribution in [0.2, 0.25) is 0 Å². The quantitative estimate of drug-likeness (QED) is 0.467. The molecule has 2 aromatic rings. The first-order valence-corrected chi connectivity index (χ1v) is 14.9. The van der Waals surface area contributed by atoms with Gasteiger partial charge in [0, 0.05) is 42.6 Å². The van der Waals surface area contributed by atoms with Crippen molar-refractivity contribution in [2.45, 2.75) is 63.5 Å². The highest BCUT2D eigenvalue weighted by Crippen LogP contribution is 2.51. The second kappa shape index (κ2) is 10.0. The van der Waals surface area contributed by atoms with Crippen molar-refractivity contribution < 1.29 is 30.8 Å². The van der Waals surface area contributed by atoms with E-state index in [1.807, 2.05) is 17.0 Å². The van der Waals surface area contributed by atoms with Crippen LogP contribution in [0.5, 0.6) is 0 Å². The second-order valence-corrected chi connectivity index (χ2v) is 13.1. The van der Waals surface area contributed by atoms with Crippen molar-refractivity contribution in [2.75, 3.05) is 29.5 Å². The van der Waals surface area contributed by atoms with Crippen molar-refractivity contribution in [3.05, 3.63) is 35.9 Å². The molecule has 2 atom stereocenters. The Bertz CT molecular complexity index is 1330. The van der Waals surface area contributed by atoms with Crippen LogP contribution >= 0.6 is 0 Å². The zero-order chi connectivity index (χ0) is 27.1. The van der Waals surface area contributed by atoms with E-state index in [4.69, 9.17) is 4.42 Å². The van der Waals surface area contributed by atoms with Crippen LogP contribution in [-0.4, -0.2) is 50.0 Å². The molecule has 2 heterocycles. The predicted molar refractivity (Wildman–Crippen MR) is 134 cm³/mol. The molecular weight excluding hydrogens is 519 g/mol. The lowest BCUT2D eigenvalue weighted by Crippen LogP contribution is -2.40. The Balaban J connectivity index is 1.45. The minimum atomic E-state index is -4.50. The Morgan fingerprint density at radius 1 is 1.13 bits per heavy atom. The maximum absolute atomic E-state index is 13.3. The molecule has 11 heteroatoms. The molecule has 1 aromatic heterocycles. The topological polar surface area (TPSA) is 104 Å². The maximum Gasteiger partial charge on any atom is 0.397 e. The summed E-state index contributed by atoms with van der Waals surface area (Å²) in [5, 5.41) is 9.46. The zero-order valence-electron chi connectivity index (χ0n) is 21.0. The molecule has 1 aromatic carbocycles. The van der Waals surface area contributed by atoms with Crippen molar-refractivity contribution in [2.24, 2.45) is 11.3 Å². The van der Waals surface area contributed by atoms with E-state index >= 15 is 0 Å². The van der Waals surface area contributed by atoms with Crippen molar-refractivity contribution in [1.29, 1.82) is 5.26 Å². The lowest BCUT2D eigenvalue weighted by Gasteiger charge is -2.30. The number of hydrogen-bond acceptors (Lipinski definition) is 7. The number of anilines is 1. The lowest BCUT2D eigenvalue weighted by atomic mass is 9.73. The van der Waals surface area contributed by atoms with E-state index in [0.29, 0.717) is 55.8 Å². The molecule has 0 radical (unpaired) electrons. The van der Waals surface area contributed by atoms with Crippen LogP contribution < -0.4 is 4.90 Å². The van der Waals surface area contributed by atoms with Gasteiger partial charge in [-0.15, -0.1) is 0 Å². The molecule has 3 fully saturated rings. The van der Waals surface area contributed by atoms with Crippen LogP contribution in [0.25, 0.3) is 11.3 Å². The molecule has 0 amide bonds. The summed E-state index contributed by atoms with van der Waals surface area (Å²) in [7, 11) is -3.03. The summed E-state index contributed by atoms with van der Waals surface area (Å²) in [6.07, 6.45) is -1.36. The number of hydrogen-bond donors (Lipinski definition) is 0. The Hall–Kier alpha value is -2.87. The van der Waals surface area contributed by atoms with Gasteiger partial charge in [0.2, 0.25) is 5.89 Å². The number of rotatable bonds is 7. The molecule has 0 bridgehead atoms. The Morgan fingerprint density at radius 2 is 1.79 bits per heavy atom. The zero-order valence-corrected chi connectivity index (χ0v) is 21.8. The maximum atomic E-state index is 13.3. The smallest absolute Gasteiger partial charge is 0.397 e. The number of nitriles is 1. The molecule has 7 nitrogen and oxygen atoms in total. The fraction of sp³-hybridized carbons (Fsp3) is 0.593. The van der Waals surface area contributed by atoms with E-state index < -0.39 is 45.6 Å². The van der Waals surface area contributed by atoms with Crippen LogP contribution in [0.15, 0.2) is 28.7 Å². The van der Waals surface area contributed by atoms with Gasteiger partial charge in [-0.2, -0.15) is 18.4 Å². The standard InChI is InChI=1S/C27H30F3N3O4S/c28-27(29,30)16-23-32-24(18-5-7-19(8-6-18)33-11-13-38(35,36)14-12-33)25(37-23)21-4-2-1-3-20(21)22(34)15-26(17-31)9-10-26/h5-8,20-21H,1-4,9-16H2/t20-,21-/m1/s1. The van der Waals surface area contributed by atoms with Crippen molar-refractivity contribution >= 4 is 21.3 Å². The van der Waals surface area contributed by atoms with E-state index in [-0.39, 0.29) is 23.7 Å². The third-order valence-corrected chi connectivity index (χ3v) is 9.63. The van der Waals surface area contributed by atoms with Crippen LogP contribution in [0.4, 0.5) is 18.9 Å². The number of carbonyl (C=O) groups excluding carboxylic acids is 1. The van der Waals surface area contributed by atoms with Crippen molar-refractivity contribution in [1.82, 2.24) is 4.98 Å². The van der Waals surface area contributed by atoms with Gasteiger partial charge in [0.1, 0.15) is 23.7 Å². The molecule has 38 heavy (non-hydrogen) atoms. The fourth-order valence-corrected chi connectivity index (χ4v) is 6.86. The number of nitrogens with zero attached hydrogens (tertiary/aromatic N) is 3. The number of oxazole rings is 1. The molecular formula is C27H30F3N3O4S. The summed E-state index contributed by atoms with van der Waals surface area (Å²) < 4.78 is 69.0. The van der Waals surface area contributed by atoms with E-state index in [1.165, 1.54) is 0 Å². The van der Waals surface area contributed by atoms with Crippen molar-refractivity contribution in [3.8, 4) is 17.3 Å². The van der Waals surface area contributed by atoms with E-state index in [0.717, 1.165) is 18.5 Å². The summed E-state index contributed by atoms with van der Waals surface area (Å²) in [4.78, 5) is 19.5.